The van der Waals surface area contributed by atoms with E-state index in [0.717, 1.165) is 5.39 Å². The highest BCUT2D eigenvalue weighted by Gasteiger charge is 2.19. The maximum absolute atomic E-state index is 11.9. The van der Waals surface area contributed by atoms with Crippen LogP contribution in [-0.4, -0.2) is 10.0 Å². The molecule has 158 valence electrons. The summed E-state index contributed by atoms with van der Waals surface area (Å²) in [7, 11) is 0. The first-order valence-corrected chi connectivity index (χ1v) is 9.55. The predicted octanol–water partition coefficient (Wildman–Crippen LogP) is 5.52. The van der Waals surface area contributed by atoms with Crippen molar-refractivity contribution in [2.24, 2.45) is 0 Å². The summed E-state index contributed by atoms with van der Waals surface area (Å²) in [5.74, 6) is 0.704. The Morgan fingerprint density at radius 2 is 1.87 bits per heavy atom. The fraction of sp³-hybridized carbons (Fsp3) is 0.136. The molecule has 4 aromatic rings. The summed E-state index contributed by atoms with van der Waals surface area (Å²) in [5.41, 5.74) is 0.575. The van der Waals surface area contributed by atoms with Gasteiger partial charge in [-0.2, -0.15) is 0 Å². The van der Waals surface area contributed by atoms with Crippen molar-refractivity contribution in [1.82, 2.24) is 0 Å². The third-order valence-electron chi connectivity index (χ3n) is 4.90. The molecule has 0 atom stereocenters. The van der Waals surface area contributed by atoms with Crippen molar-refractivity contribution >= 4 is 28.3 Å². The zero-order valence-corrected chi connectivity index (χ0v) is 17.2. The van der Waals surface area contributed by atoms with E-state index in [0.29, 0.717) is 27.5 Å². The molecule has 1 N–H and O–H groups in total. The summed E-state index contributed by atoms with van der Waals surface area (Å²) >= 11 is 5.94. The lowest BCUT2D eigenvalue weighted by molar-refractivity contribution is -0.385. The fourth-order valence-electron chi connectivity index (χ4n) is 3.19. The molecule has 2 heterocycles. The van der Waals surface area contributed by atoms with Gasteiger partial charge in [0.1, 0.15) is 23.7 Å². The number of ether oxygens (including phenoxy) is 1. The van der Waals surface area contributed by atoms with E-state index in [1.54, 1.807) is 31.2 Å². The van der Waals surface area contributed by atoms with E-state index in [1.165, 1.54) is 25.1 Å². The quantitative estimate of drug-likeness (QED) is 0.320. The SMILES string of the molecule is Cc1c(-c2cc3ccc(OCc4cc(Cl)ccc4[N+](=O)[O-])cc3o2)oc(=O)c(C)c1O. The van der Waals surface area contributed by atoms with Crippen LogP contribution in [0.15, 0.2) is 56.1 Å². The lowest BCUT2D eigenvalue weighted by Gasteiger charge is -2.07. The van der Waals surface area contributed by atoms with E-state index in [9.17, 15) is 20.0 Å². The van der Waals surface area contributed by atoms with Gasteiger partial charge < -0.3 is 18.7 Å². The van der Waals surface area contributed by atoms with Gasteiger partial charge in [-0.3, -0.25) is 10.1 Å². The molecule has 0 aliphatic rings. The van der Waals surface area contributed by atoms with Gasteiger partial charge in [0.05, 0.1) is 16.1 Å². The molecule has 0 saturated heterocycles. The van der Waals surface area contributed by atoms with Crippen LogP contribution in [0.25, 0.3) is 22.5 Å². The van der Waals surface area contributed by atoms with Crippen molar-refractivity contribution in [2.45, 2.75) is 20.5 Å². The van der Waals surface area contributed by atoms with Crippen molar-refractivity contribution in [2.75, 3.05) is 0 Å². The van der Waals surface area contributed by atoms with Crippen LogP contribution in [0.4, 0.5) is 5.69 Å². The molecule has 0 aliphatic heterocycles. The molecule has 0 saturated carbocycles. The molecule has 0 bridgehead atoms. The van der Waals surface area contributed by atoms with Crippen molar-refractivity contribution < 1.29 is 23.6 Å². The Balaban J connectivity index is 1.65. The van der Waals surface area contributed by atoms with Crippen LogP contribution in [0.3, 0.4) is 0 Å². The number of nitro benzene ring substituents is 1. The van der Waals surface area contributed by atoms with Gasteiger partial charge in [-0.1, -0.05) is 11.6 Å². The van der Waals surface area contributed by atoms with E-state index < -0.39 is 10.5 Å². The second kappa shape index (κ2) is 7.81. The van der Waals surface area contributed by atoms with Crippen LogP contribution >= 0.6 is 11.6 Å². The van der Waals surface area contributed by atoms with Gasteiger partial charge in [0.2, 0.25) is 0 Å². The molecule has 0 unspecified atom stereocenters. The number of rotatable bonds is 5. The number of hydrogen-bond acceptors (Lipinski definition) is 7. The second-order valence-electron chi connectivity index (χ2n) is 6.95. The summed E-state index contributed by atoms with van der Waals surface area (Å²) in [6, 6.07) is 11.0. The zero-order valence-electron chi connectivity index (χ0n) is 16.5. The van der Waals surface area contributed by atoms with Gasteiger partial charge in [0.15, 0.2) is 11.5 Å². The molecule has 2 aromatic carbocycles. The van der Waals surface area contributed by atoms with Gasteiger partial charge in [0.25, 0.3) is 5.69 Å². The van der Waals surface area contributed by atoms with Crippen molar-refractivity contribution in [3.05, 3.63) is 84.7 Å². The summed E-state index contributed by atoms with van der Waals surface area (Å²) in [6.45, 7) is 3.04. The Kier molecular flexibility index (Phi) is 5.16. The maximum atomic E-state index is 11.9. The largest absolute Gasteiger partial charge is 0.507 e. The molecule has 8 nitrogen and oxygen atoms in total. The van der Waals surface area contributed by atoms with Crippen molar-refractivity contribution in [1.29, 1.82) is 0 Å². The zero-order chi connectivity index (χ0) is 22.3. The second-order valence-corrected chi connectivity index (χ2v) is 7.38. The molecule has 4 rings (SSSR count). The predicted molar refractivity (Wildman–Crippen MR) is 114 cm³/mol. The first kappa shape index (κ1) is 20.5. The minimum Gasteiger partial charge on any atom is -0.507 e. The number of furan rings is 1. The van der Waals surface area contributed by atoms with Gasteiger partial charge in [-0.15, -0.1) is 0 Å². The average molecular weight is 442 g/mol. The van der Waals surface area contributed by atoms with Gasteiger partial charge in [-0.25, -0.2) is 4.79 Å². The third kappa shape index (κ3) is 3.85. The van der Waals surface area contributed by atoms with Crippen LogP contribution in [0.5, 0.6) is 11.5 Å². The van der Waals surface area contributed by atoms with Crippen LogP contribution in [0.2, 0.25) is 5.02 Å². The van der Waals surface area contributed by atoms with Crippen molar-refractivity contribution in [3.8, 4) is 23.0 Å². The smallest absolute Gasteiger partial charge is 0.343 e. The minimum absolute atomic E-state index is 0.0598. The fourth-order valence-corrected chi connectivity index (χ4v) is 3.38. The van der Waals surface area contributed by atoms with E-state index in [2.05, 4.69) is 0 Å². The van der Waals surface area contributed by atoms with Crippen LogP contribution < -0.4 is 10.4 Å². The van der Waals surface area contributed by atoms with E-state index in [-0.39, 0.29) is 35.1 Å². The third-order valence-corrected chi connectivity index (χ3v) is 5.13. The first-order valence-electron chi connectivity index (χ1n) is 9.17. The Bertz CT molecular complexity index is 1390. The molecule has 31 heavy (non-hydrogen) atoms. The van der Waals surface area contributed by atoms with Crippen molar-refractivity contribution in [3.63, 3.8) is 0 Å². The van der Waals surface area contributed by atoms with Crippen LogP contribution in [-0.2, 0) is 6.61 Å². The highest BCUT2D eigenvalue weighted by Crippen LogP contribution is 2.35. The average Bonchev–Trinajstić information content (AvgIpc) is 3.16. The molecule has 0 radical (unpaired) electrons. The number of nitro groups is 1. The lowest BCUT2D eigenvalue weighted by Crippen LogP contribution is -2.05. The van der Waals surface area contributed by atoms with Crippen LogP contribution in [0.1, 0.15) is 16.7 Å². The highest BCUT2D eigenvalue weighted by atomic mass is 35.5. The maximum Gasteiger partial charge on any atom is 0.343 e. The number of hydrogen-bond donors (Lipinski definition) is 1. The molecule has 2 aromatic heterocycles. The van der Waals surface area contributed by atoms with Gasteiger partial charge in [-0.05, 0) is 44.2 Å². The number of halogens is 1. The topological polar surface area (TPSA) is 116 Å². The Labute approximate surface area is 180 Å². The van der Waals surface area contributed by atoms with E-state index >= 15 is 0 Å². The number of nitrogens with zero attached hydrogens (tertiary/aromatic N) is 1. The molecule has 0 amide bonds. The van der Waals surface area contributed by atoms with Gasteiger partial charge >= 0.3 is 5.63 Å². The molecular formula is C22H16ClNO7. The Morgan fingerprint density at radius 1 is 1.10 bits per heavy atom. The first-order chi connectivity index (χ1) is 14.7. The molecule has 0 aliphatic carbocycles. The normalized spacial score (nSPS) is 11.1. The summed E-state index contributed by atoms with van der Waals surface area (Å²) < 4.78 is 16.8. The molecule has 9 heteroatoms. The number of fused-ring (bicyclic) bond motifs is 1. The monoisotopic (exact) mass is 441 g/mol. The minimum atomic E-state index is -0.648. The molecule has 0 fully saturated rings. The Morgan fingerprint density at radius 3 is 2.61 bits per heavy atom. The molecular weight excluding hydrogens is 426 g/mol. The summed E-state index contributed by atoms with van der Waals surface area (Å²) in [6.07, 6.45) is 0. The highest BCUT2D eigenvalue weighted by molar-refractivity contribution is 6.30. The standard InChI is InChI=1S/C22H16ClNO7/c1-11-20(25)12(2)22(26)31-21(11)19-8-13-3-5-16(9-18(13)30-19)29-10-14-7-15(23)4-6-17(14)24(27)28/h3-9,25H,10H2,1-2H3. The van der Waals surface area contributed by atoms with Crippen LogP contribution in [0, 0.1) is 24.0 Å². The molecule has 0 spiro atoms. The number of aromatic hydroxyl groups is 1. The van der Waals surface area contributed by atoms with E-state index in [4.69, 9.17) is 25.2 Å². The lowest BCUT2D eigenvalue weighted by atomic mass is 10.1. The van der Waals surface area contributed by atoms with Gasteiger partial charge in [0, 0.05) is 28.1 Å². The number of benzene rings is 2. The Hall–Kier alpha value is -3.78. The summed E-state index contributed by atoms with van der Waals surface area (Å²) in [5, 5.41) is 22.4. The van der Waals surface area contributed by atoms with E-state index in [1.807, 2.05) is 0 Å². The summed E-state index contributed by atoms with van der Waals surface area (Å²) in [4.78, 5) is 22.6.